The van der Waals surface area contributed by atoms with Crippen molar-refractivity contribution in [1.29, 1.82) is 0 Å². The number of carbonyl (C=O) groups excluding carboxylic acids is 1. The molecule has 1 N–H and O–H groups in total. The number of aryl methyl sites for hydroxylation is 1. The molecule has 1 aliphatic carbocycles. The lowest BCUT2D eigenvalue weighted by Gasteiger charge is -2.26. The van der Waals surface area contributed by atoms with Gasteiger partial charge >= 0.3 is 0 Å². The predicted octanol–water partition coefficient (Wildman–Crippen LogP) is 4.41. The lowest BCUT2D eigenvalue weighted by molar-refractivity contribution is 0.0679. The number of benzene rings is 2. The van der Waals surface area contributed by atoms with Gasteiger partial charge in [0.25, 0.3) is 5.91 Å². The fourth-order valence-electron chi connectivity index (χ4n) is 4.18. The molecule has 4 rings (SSSR count). The van der Waals surface area contributed by atoms with E-state index >= 15 is 0 Å². The summed E-state index contributed by atoms with van der Waals surface area (Å²) in [6.45, 7) is 7.10. The minimum atomic E-state index is -1.27. The summed E-state index contributed by atoms with van der Waals surface area (Å²) < 4.78 is 27.4. The molecular formula is C27H34N2O4S. The molecule has 1 saturated heterocycles. The first kappa shape index (κ1) is 24.8. The van der Waals surface area contributed by atoms with Crippen LogP contribution in [0.15, 0.2) is 46.9 Å². The molecule has 1 aliphatic heterocycles. The van der Waals surface area contributed by atoms with Gasteiger partial charge in [0.15, 0.2) is 0 Å². The van der Waals surface area contributed by atoms with Crippen LogP contribution < -0.4 is 10.1 Å². The number of hydrogen-bond donors (Lipinski definition) is 1. The van der Waals surface area contributed by atoms with E-state index in [1.807, 2.05) is 51.1 Å². The van der Waals surface area contributed by atoms with Gasteiger partial charge in [-0.25, -0.2) is 0 Å². The van der Waals surface area contributed by atoms with E-state index in [9.17, 15) is 9.35 Å². The van der Waals surface area contributed by atoms with Gasteiger partial charge in [0.05, 0.1) is 12.3 Å². The lowest BCUT2D eigenvalue weighted by atomic mass is 9.87. The molecule has 3 atom stereocenters. The number of nitrogens with one attached hydrogen (secondary N) is 1. The Morgan fingerprint density at radius 2 is 2.00 bits per heavy atom. The first-order valence-electron chi connectivity index (χ1n) is 12.0. The molecule has 0 radical (unpaired) electrons. The maximum absolute atomic E-state index is 12.8. The number of rotatable bonds is 7. The zero-order valence-corrected chi connectivity index (χ0v) is 21.0. The van der Waals surface area contributed by atoms with Crippen LogP contribution in [0.25, 0.3) is 0 Å². The molecule has 1 fully saturated rings. The molecule has 7 heteroatoms. The first-order valence-corrected chi connectivity index (χ1v) is 13.1. The minimum Gasteiger partial charge on any atom is -0.591 e. The second-order valence-corrected chi connectivity index (χ2v) is 11.9. The normalized spacial score (nSPS) is 21.3. The first-order chi connectivity index (χ1) is 16.3. The molecule has 0 unspecified atom stereocenters. The Hall–Kier alpha value is -2.35. The Labute approximate surface area is 205 Å². The molecule has 182 valence electrons. The van der Waals surface area contributed by atoms with Crippen molar-refractivity contribution < 1.29 is 18.8 Å². The van der Waals surface area contributed by atoms with E-state index in [-0.39, 0.29) is 22.8 Å². The summed E-state index contributed by atoms with van der Waals surface area (Å²) in [4.78, 5) is 12.8. The van der Waals surface area contributed by atoms with Crippen LogP contribution in [0.5, 0.6) is 5.75 Å². The largest absolute Gasteiger partial charge is 0.591 e. The Morgan fingerprint density at radius 1 is 1.21 bits per heavy atom. The molecule has 6 nitrogen and oxygen atoms in total. The second-order valence-electron chi connectivity index (χ2n) is 10.0. The third-order valence-electron chi connectivity index (χ3n) is 6.19. The fourth-order valence-corrected chi connectivity index (χ4v) is 4.72. The summed E-state index contributed by atoms with van der Waals surface area (Å²) in [7, 11) is 0. The van der Waals surface area contributed by atoms with Gasteiger partial charge in [-0.2, -0.15) is 0 Å². The van der Waals surface area contributed by atoms with E-state index < -0.39 is 11.4 Å². The molecule has 1 heterocycles. The van der Waals surface area contributed by atoms with Crippen molar-refractivity contribution >= 4 is 23.5 Å². The average Bonchev–Trinajstić information content (AvgIpc) is 3.34. The Bertz CT molecular complexity index is 1010. The Morgan fingerprint density at radius 3 is 2.71 bits per heavy atom. The van der Waals surface area contributed by atoms with Gasteiger partial charge in [0.1, 0.15) is 28.5 Å². The number of hydrogen-bond acceptors (Lipinski definition) is 5. The quantitative estimate of drug-likeness (QED) is 0.468. The molecule has 0 bridgehead atoms. The van der Waals surface area contributed by atoms with Crippen molar-refractivity contribution in [3.05, 3.63) is 64.7 Å². The maximum atomic E-state index is 12.8. The van der Waals surface area contributed by atoms with Crippen LogP contribution in [-0.2, 0) is 28.9 Å². The third kappa shape index (κ3) is 6.62. The van der Waals surface area contributed by atoms with Gasteiger partial charge in [0.2, 0.25) is 0 Å². The fraction of sp³-hybridized carbons (Fsp3) is 0.481. The number of ether oxygens (including phenoxy) is 2. The molecule has 1 amide bonds. The van der Waals surface area contributed by atoms with Gasteiger partial charge in [-0.1, -0.05) is 16.5 Å². The molecule has 34 heavy (non-hydrogen) atoms. The van der Waals surface area contributed by atoms with E-state index in [2.05, 4.69) is 21.8 Å². The van der Waals surface area contributed by atoms with E-state index in [4.69, 9.17) is 9.47 Å². The van der Waals surface area contributed by atoms with Crippen LogP contribution in [0.1, 0.15) is 67.1 Å². The highest BCUT2D eigenvalue weighted by Crippen LogP contribution is 2.24. The number of fused-ring (bicyclic) bond motifs is 1. The van der Waals surface area contributed by atoms with Crippen LogP contribution in [-0.4, -0.2) is 46.8 Å². The van der Waals surface area contributed by atoms with E-state index in [1.165, 1.54) is 11.1 Å². The van der Waals surface area contributed by atoms with E-state index in [1.54, 1.807) is 6.21 Å². The highest BCUT2D eigenvalue weighted by atomic mass is 32.2. The highest BCUT2D eigenvalue weighted by molar-refractivity contribution is 7.91. The standard InChI is InChI=1S/C27H34N2O4S/c1-27(2,3)34(31)28-17-19-6-7-22-16-23(11-8-21(22)15-19)29-26(30)20-9-12-24(13-10-20)33-18-25-5-4-14-32-25/h6-7,9-10,12-13,15,17,23,25H,4-5,8,11,14,16,18H2,1-3H3,(H,29,30)/t23-,25-,34+/m0/s1. The monoisotopic (exact) mass is 482 g/mol. The van der Waals surface area contributed by atoms with Gasteiger partial charge in [-0.05, 0) is 99.9 Å². The van der Waals surface area contributed by atoms with Crippen LogP contribution >= 0.6 is 0 Å². The summed E-state index contributed by atoms with van der Waals surface area (Å²) in [5, 5.41) is 3.18. The van der Waals surface area contributed by atoms with Crippen molar-refractivity contribution in [2.24, 2.45) is 4.40 Å². The van der Waals surface area contributed by atoms with Crippen LogP contribution in [0.3, 0.4) is 0 Å². The SMILES string of the molecule is CC(C)(C)[S@@+]([O-])N=Cc1ccc2c(c1)CC[C@H](NC(=O)c1ccc(OC[C@@H]3CCCO3)cc1)C2. The number of amides is 1. The molecule has 0 aromatic heterocycles. The molecular weight excluding hydrogens is 448 g/mol. The predicted molar refractivity (Wildman–Crippen MR) is 136 cm³/mol. The molecule has 2 aromatic carbocycles. The van der Waals surface area contributed by atoms with Crippen molar-refractivity contribution in [3.8, 4) is 5.75 Å². The zero-order valence-electron chi connectivity index (χ0n) is 20.2. The zero-order chi connectivity index (χ0) is 24.1. The van der Waals surface area contributed by atoms with E-state index in [0.717, 1.165) is 50.0 Å². The molecule has 0 spiro atoms. The van der Waals surface area contributed by atoms with Gasteiger partial charge in [0, 0.05) is 18.2 Å². The average molecular weight is 483 g/mol. The van der Waals surface area contributed by atoms with E-state index in [0.29, 0.717) is 12.2 Å². The van der Waals surface area contributed by atoms with Crippen molar-refractivity contribution in [1.82, 2.24) is 5.32 Å². The summed E-state index contributed by atoms with van der Waals surface area (Å²) in [5.41, 5.74) is 4.10. The van der Waals surface area contributed by atoms with Crippen molar-refractivity contribution in [3.63, 3.8) is 0 Å². The van der Waals surface area contributed by atoms with Gasteiger partial charge in [-0.3, -0.25) is 4.79 Å². The van der Waals surface area contributed by atoms with Crippen molar-refractivity contribution in [2.45, 2.75) is 69.8 Å². The molecule has 0 saturated carbocycles. The summed E-state index contributed by atoms with van der Waals surface area (Å²) in [5.74, 6) is 0.692. The summed E-state index contributed by atoms with van der Waals surface area (Å²) in [6, 6.07) is 13.6. The maximum Gasteiger partial charge on any atom is 0.251 e. The van der Waals surface area contributed by atoms with Gasteiger partial charge in [-0.15, -0.1) is 0 Å². The van der Waals surface area contributed by atoms with Crippen LogP contribution in [0.4, 0.5) is 0 Å². The topological polar surface area (TPSA) is 83.0 Å². The van der Waals surface area contributed by atoms with Gasteiger partial charge < -0.3 is 19.3 Å². The third-order valence-corrected chi connectivity index (χ3v) is 7.54. The second kappa shape index (κ2) is 10.9. The Kier molecular flexibility index (Phi) is 7.96. The van der Waals surface area contributed by atoms with Crippen LogP contribution in [0, 0.1) is 0 Å². The number of carbonyl (C=O) groups is 1. The smallest absolute Gasteiger partial charge is 0.251 e. The highest BCUT2D eigenvalue weighted by Gasteiger charge is 2.26. The van der Waals surface area contributed by atoms with Crippen LogP contribution in [0.2, 0.25) is 0 Å². The lowest BCUT2D eigenvalue weighted by Crippen LogP contribution is -2.38. The minimum absolute atomic E-state index is 0.0625. The number of nitrogens with zero attached hydrogens (tertiary/aromatic N) is 1. The molecule has 2 aliphatic rings. The Balaban J connectivity index is 1.29. The molecule has 2 aromatic rings. The summed E-state index contributed by atoms with van der Waals surface area (Å²) >= 11 is -1.27. The van der Waals surface area contributed by atoms with Crippen molar-refractivity contribution in [2.75, 3.05) is 13.2 Å². The summed E-state index contributed by atoms with van der Waals surface area (Å²) in [6.07, 6.45) is 6.58.